The molecule has 1 amide bonds. The minimum absolute atomic E-state index is 0.0871. The molecule has 5 nitrogen and oxygen atoms in total. The van der Waals surface area contributed by atoms with Gasteiger partial charge in [0.25, 0.3) is 0 Å². The van der Waals surface area contributed by atoms with Crippen LogP contribution in [0.3, 0.4) is 0 Å². The van der Waals surface area contributed by atoms with Crippen LogP contribution in [0.4, 0.5) is 0 Å². The maximum absolute atomic E-state index is 11.6. The number of nitrogens with zero attached hydrogens (tertiary/aromatic N) is 1. The molecule has 2 heterocycles. The van der Waals surface area contributed by atoms with Crippen molar-refractivity contribution >= 4 is 5.91 Å². The van der Waals surface area contributed by atoms with Gasteiger partial charge in [-0.2, -0.15) is 0 Å². The van der Waals surface area contributed by atoms with Gasteiger partial charge in [-0.25, -0.2) is 0 Å². The van der Waals surface area contributed by atoms with Gasteiger partial charge >= 0.3 is 0 Å². The maximum atomic E-state index is 11.6. The molecule has 5 heteroatoms. The van der Waals surface area contributed by atoms with E-state index in [0.717, 1.165) is 0 Å². The second kappa shape index (κ2) is 3.18. The Kier molecular flexibility index (Phi) is 2.25. The minimum Gasteiger partial charge on any atom is -0.391 e. The Balaban J connectivity index is 2.24. The fourth-order valence-electron chi connectivity index (χ4n) is 2.40. The van der Waals surface area contributed by atoms with E-state index in [4.69, 9.17) is 0 Å². The number of fused-ring (bicyclic) bond motifs is 1. The van der Waals surface area contributed by atoms with Gasteiger partial charge in [0.1, 0.15) is 6.10 Å². The highest BCUT2D eigenvalue weighted by atomic mass is 16.3. The lowest BCUT2D eigenvalue weighted by molar-refractivity contribution is -0.147. The number of carbonyl (C=O) groups is 1. The number of piperidine rings is 1. The van der Waals surface area contributed by atoms with E-state index < -0.39 is 24.4 Å². The lowest BCUT2D eigenvalue weighted by Crippen LogP contribution is -2.54. The van der Waals surface area contributed by atoms with Crippen molar-refractivity contribution in [3.63, 3.8) is 0 Å². The highest BCUT2D eigenvalue weighted by molar-refractivity contribution is 5.80. The van der Waals surface area contributed by atoms with Crippen molar-refractivity contribution in [1.29, 1.82) is 0 Å². The molecular formula is C9H15NO4. The van der Waals surface area contributed by atoms with Crippen LogP contribution in [0.25, 0.3) is 0 Å². The molecule has 0 aliphatic carbocycles. The van der Waals surface area contributed by atoms with Gasteiger partial charge in [0.2, 0.25) is 5.91 Å². The van der Waals surface area contributed by atoms with Crippen molar-refractivity contribution in [3.8, 4) is 0 Å². The number of hydrogen-bond acceptors (Lipinski definition) is 4. The Labute approximate surface area is 82.0 Å². The van der Waals surface area contributed by atoms with Gasteiger partial charge in [-0.3, -0.25) is 4.79 Å². The Bertz CT molecular complexity index is 257. The van der Waals surface area contributed by atoms with Gasteiger partial charge in [0.05, 0.1) is 18.2 Å². The van der Waals surface area contributed by atoms with E-state index in [1.807, 2.05) is 0 Å². The van der Waals surface area contributed by atoms with Crippen molar-refractivity contribution in [2.45, 2.75) is 37.7 Å². The maximum Gasteiger partial charge on any atom is 0.226 e. The van der Waals surface area contributed by atoms with E-state index in [1.54, 1.807) is 6.92 Å². The predicted molar refractivity (Wildman–Crippen MR) is 47.3 cm³/mol. The lowest BCUT2D eigenvalue weighted by atomic mass is 9.90. The highest BCUT2D eigenvalue weighted by Gasteiger charge is 2.50. The quantitative estimate of drug-likeness (QED) is 0.437. The van der Waals surface area contributed by atoms with Crippen LogP contribution in [0.5, 0.6) is 0 Å². The highest BCUT2D eigenvalue weighted by Crippen LogP contribution is 2.31. The molecule has 0 bridgehead atoms. The third-order valence-corrected chi connectivity index (χ3v) is 3.18. The van der Waals surface area contributed by atoms with Crippen molar-refractivity contribution < 1.29 is 20.1 Å². The first-order valence-corrected chi connectivity index (χ1v) is 4.87. The van der Waals surface area contributed by atoms with E-state index in [-0.39, 0.29) is 18.4 Å². The molecule has 2 fully saturated rings. The lowest BCUT2D eigenvalue weighted by Gasteiger charge is -2.37. The zero-order valence-electron chi connectivity index (χ0n) is 8.00. The Morgan fingerprint density at radius 2 is 1.93 bits per heavy atom. The first kappa shape index (κ1) is 9.89. The summed E-state index contributed by atoms with van der Waals surface area (Å²) in [5, 5.41) is 28.6. The van der Waals surface area contributed by atoms with Crippen LogP contribution in [0, 0.1) is 5.92 Å². The van der Waals surface area contributed by atoms with Gasteiger partial charge in [0.15, 0.2) is 0 Å². The molecule has 1 unspecified atom stereocenters. The van der Waals surface area contributed by atoms with Gasteiger partial charge in [0, 0.05) is 12.5 Å². The zero-order chi connectivity index (χ0) is 10.5. The summed E-state index contributed by atoms with van der Waals surface area (Å²) < 4.78 is 0. The fraction of sp³-hybridized carbons (Fsp3) is 0.889. The summed E-state index contributed by atoms with van der Waals surface area (Å²) in [7, 11) is 0. The summed E-state index contributed by atoms with van der Waals surface area (Å²) >= 11 is 0. The van der Waals surface area contributed by atoms with Crippen LogP contribution in [0.15, 0.2) is 0 Å². The van der Waals surface area contributed by atoms with Crippen molar-refractivity contribution in [3.05, 3.63) is 0 Å². The number of rotatable bonds is 0. The molecule has 3 N–H and O–H groups in total. The average Bonchev–Trinajstić information content (AvgIpc) is 2.40. The zero-order valence-corrected chi connectivity index (χ0v) is 8.00. The molecule has 0 saturated carbocycles. The molecule has 14 heavy (non-hydrogen) atoms. The molecule has 2 aliphatic heterocycles. The minimum atomic E-state index is -1.01. The van der Waals surface area contributed by atoms with Gasteiger partial charge in [-0.05, 0) is 6.42 Å². The summed E-state index contributed by atoms with van der Waals surface area (Å²) in [5.41, 5.74) is 0. The summed E-state index contributed by atoms with van der Waals surface area (Å²) in [5.74, 6) is -0.311. The van der Waals surface area contributed by atoms with E-state index in [9.17, 15) is 20.1 Å². The SMILES string of the molecule is CC1C[C@@H](O)[C@@H]2[C@@H](O)[C@@H](O)CN2C1=O. The summed E-state index contributed by atoms with van der Waals surface area (Å²) in [6, 6.07) is -0.617. The van der Waals surface area contributed by atoms with Crippen molar-refractivity contribution in [1.82, 2.24) is 4.90 Å². The summed E-state index contributed by atoms with van der Waals surface area (Å²) in [6.07, 6.45) is -2.30. The number of carbonyl (C=O) groups excluding carboxylic acids is 1. The Hall–Kier alpha value is -0.650. The van der Waals surface area contributed by atoms with Gasteiger partial charge in [-0.15, -0.1) is 0 Å². The van der Waals surface area contributed by atoms with E-state index in [1.165, 1.54) is 4.90 Å². The first-order valence-electron chi connectivity index (χ1n) is 4.87. The first-order chi connectivity index (χ1) is 6.52. The fourth-order valence-corrected chi connectivity index (χ4v) is 2.40. The summed E-state index contributed by atoms with van der Waals surface area (Å²) in [4.78, 5) is 13.0. The monoisotopic (exact) mass is 201 g/mol. The van der Waals surface area contributed by atoms with Crippen LogP contribution in [-0.4, -0.2) is 57.0 Å². The van der Waals surface area contributed by atoms with E-state index >= 15 is 0 Å². The molecule has 0 aromatic heterocycles. The van der Waals surface area contributed by atoms with Crippen LogP contribution in [0.1, 0.15) is 13.3 Å². The molecule has 80 valence electrons. The number of hydrogen-bond donors (Lipinski definition) is 3. The predicted octanol–water partition coefficient (Wildman–Crippen LogP) is -1.68. The molecule has 0 radical (unpaired) electrons. The Morgan fingerprint density at radius 1 is 1.29 bits per heavy atom. The second-order valence-corrected chi connectivity index (χ2v) is 4.24. The van der Waals surface area contributed by atoms with Crippen LogP contribution >= 0.6 is 0 Å². The molecule has 2 aliphatic rings. The topological polar surface area (TPSA) is 81.0 Å². The molecule has 0 spiro atoms. The standard InChI is InChI=1S/C9H15NO4/c1-4-2-5(11)7-8(13)6(12)3-10(7)9(4)14/h4-8,11-13H,2-3H2,1H3/t4?,5-,6+,7-,8+/m1/s1. The number of aliphatic hydroxyl groups excluding tert-OH is 3. The van der Waals surface area contributed by atoms with Crippen molar-refractivity contribution in [2.24, 2.45) is 5.92 Å². The Morgan fingerprint density at radius 3 is 2.57 bits per heavy atom. The average molecular weight is 201 g/mol. The smallest absolute Gasteiger partial charge is 0.226 e. The number of amides is 1. The largest absolute Gasteiger partial charge is 0.391 e. The number of aliphatic hydroxyl groups is 3. The molecule has 2 rings (SSSR count). The second-order valence-electron chi connectivity index (χ2n) is 4.24. The van der Waals surface area contributed by atoms with Crippen LogP contribution < -0.4 is 0 Å². The van der Waals surface area contributed by atoms with Gasteiger partial charge in [-0.1, -0.05) is 6.92 Å². The van der Waals surface area contributed by atoms with Crippen LogP contribution in [-0.2, 0) is 4.79 Å². The third kappa shape index (κ3) is 1.24. The molecule has 2 saturated heterocycles. The third-order valence-electron chi connectivity index (χ3n) is 3.18. The molecule has 0 aromatic carbocycles. The molecule has 0 aromatic rings. The van der Waals surface area contributed by atoms with E-state index in [2.05, 4.69) is 0 Å². The molecule has 5 atom stereocenters. The molecular weight excluding hydrogens is 186 g/mol. The summed E-state index contributed by atoms with van der Waals surface area (Å²) in [6.45, 7) is 1.88. The normalized spacial score (nSPS) is 48.1. The van der Waals surface area contributed by atoms with Crippen molar-refractivity contribution in [2.75, 3.05) is 6.54 Å². The van der Waals surface area contributed by atoms with Crippen LogP contribution in [0.2, 0.25) is 0 Å². The van der Waals surface area contributed by atoms with Gasteiger partial charge < -0.3 is 20.2 Å². The van der Waals surface area contributed by atoms with E-state index in [0.29, 0.717) is 6.42 Å².